The van der Waals surface area contributed by atoms with Crippen LogP contribution in [0.15, 0.2) is 72.9 Å². The van der Waals surface area contributed by atoms with E-state index in [-0.39, 0.29) is 58.9 Å². The number of carbonyl (C=O) groups is 1. The molecule has 11 atom stereocenters. The molecule has 0 aromatic carbocycles. The van der Waals surface area contributed by atoms with E-state index in [2.05, 4.69) is 31.7 Å². The van der Waals surface area contributed by atoms with Gasteiger partial charge < -0.3 is 24.4 Å². The molecule has 2 N–H and O–H groups in total. The van der Waals surface area contributed by atoms with Crippen LogP contribution < -0.4 is 0 Å². The maximum Gasteiger partial charge on any atom is 0.331 e. The summed E-state index contributed by atoms with van der Waals surface area (Å²) in [7, 11) is 0. The highest BCUT2D eigenvalue weighted by atomic mass is 16.5. The van der Waals surface area contributed by atoms with Crippen LogP contribution in [0.25, 0.3) is 0 Å². The van der Waals surface area contributed by atoms with Crippen molar-refractivity contribution in [3.8, 4) is 0 Å². The smallest absolute Gasteiger partial charge is 0.331 e. The number of ether oxygens (including phenoxy) is 3. The molecule has 1 rings (SSSR count). The van der Waals surface area contributed by atoms with E-state index in [4.69, 9.17) is 14.2 Å². The van der Waals surface area contributed by atoms with Gasteiger partial charge in [0.25, 0.3) is 0 Å². The molecule has 0 radical (unpaired) electrons. The second-order valence-electron chi connectivity index (χ2n) is 15.9. The topological polar surface area (TPSA) is 85.2 Å². The van der Waals surface area contributed by atoms with Crippen molar-refractivity contribution in [1.82, 2.24) is 0 Å². The zero-order chi connectivity index (χ0) is 36.1. The van der Waals surface area contributed by atoms with E-state index in [1.165, 1.54) is 6.08 Å². The van der Waals surface area contributed by atoms with Gasteiger partial charge in [0, 0.05) is 42.1 Å². The number of rotatable bonds is 5. The highest BCUT2D eigenvalue weighted by Gasteiger charge is 2.34. The molecule has 1 heterocycles. The van der Waals surface area contributed by atoms with Gasteiger partial charge in [0.15, 0.2) is 0 Å². The van der Waals surface area contributed by atoms with Crippen molar-refractivity contribution in [2.75, 3.05) is 0 Å². The van der Waals surface area contributed by atoms with E-state index in [1.54, 1.807) is 12.2 Å². The molecule has 0 unspecified atom stereocenters. The van der Waals surface area contributed by atoms with Crippen molar-refractivity contribution < 1.29 is 29.2 Å². The third-order valence-corrected chi connectivity index (χ3v) is 8.68. The monoisotopic (exact) mass is 657 g/mol. The summed E-state index contributed by atoms with van der Waals surface area (Å²) < 4.78 is 19.1. The van der Waals surface area contributed by atoms with Crippen LogP contribution in [0.3, 0.4) is 0 Å². The first-order valence-electron chi connectivity index (χ1n) is 17.6. The SMILES string of the molecule is C=C/C=C\[C@H](C)[C@@H]1OC(=O)/C=C\C=C\[C@@H](C)[C@@H](OC(C)(C)C)C[C@H](OC(C)(C)C)/C=C\[C@H](C)[C@H](O)[C@@H](C)/C=C(/C)C[C@H](C)[C@@H](O)[C@@H]1C. The number of esters is 1. The van der Waals surface area contributed by atoms with E-state index in [0.717, 1.165) is 5.57 Å². The van der Waals surface area contributed by atoms with Crippen molar-refractivity contribution in [3.63, 3.8) is 0 Å². The third kappa shape index (κ3) is 16.6. The normalized spacial score (nSPS) is 37.0. The standard InChI is InChI=1S/C41H68O6/c1-15-16-19-30(5)39-33(8)38(44)32(7)25-27(2)24-31(6)37(43)29(4)22-23-34(46-40(9,10)11)26-35(47-41(12,13)14)28(3)20-17-18-21-36(42)45-39/h15-24,28-35,37-39,43-44H,1,25-26H2,2-14H3/b19-16-,20-17+,21-18-,23-22-,27-24-/t28-,29+,30+,31+,32+,33+,34-,35+,37+,38-,39+/m1/s1. The molecule has 268 valence electrons. The summed E-state index contributed by atoms with van der Waals surface area (Å²) in [5.74, 6) is -1.19. The Morgan fingerprint density at radius 1 is 0.894 bits per heavy atom. The Morgan fingerprint density at radius 3 is 2.09 bits per heavy atom. The van der Waals surface area contributed by atoms with E-state index in [0.29, 0.717) is 12.8 Å². The minimum atomic E-state index is -0.708. The quantitative estimate of drug-likeness (QED) is 0.175. The van der Waals surface area contributed by atoms with Crippen molar-refractivity contribution >= 4 is 5.97 Å². The number of allylic oxidation sites excluding steroid dienone is 5. The Morgan fingerprint density at radius 2 is 1.51 bits per heavy atom. The molecule has 0 aliphatic carbocycles. The predicted molar refractivity (Wildman–Crippen MR) is 196 cm³/mol. The number of hydrogen-bond acceptors (Lipinski definition) is 6. The van der Waals surface area contributed by atoms with Gasteiger partial charge in [-0.3, -0.25) is 0 Å². The molecule has 6 nitrogen and oxygen atoms in total. The molecule has 0 aromatic rings. The third-order valence-electron chi connectivity index (χ3n) is 8.68. The number of aliphatic hydroxyl groups excluding tert-OH is 2. The van der Waals surface area contributed by atoms with Crippen LogP contribution in [0, 0.1) is 35.5 Å². The molecule has 0 spiro atoms. The Hall–Kier alpha value is -2.25. The Balaban J connectivity index is 3.61. The molecule has 0 amide bonds. The second-order valence-corrected chi connectivity index (χ2v) is 15.9. The van der Waals surface area contributed by atoms with Crippen molar-refractivity contribution in [1.29, 1.82) is 0 Å². The number of aliphatic hydroxyl groups is 2. The van der Waals surface area contributed by atoms with Gasteiger partial charge in [-0.15, -0.1) is 0 Å². The average molecular weight is 657 g/mol. The first-order chi connectivity index (χ1) is 21.6. The molecule has 0 saturated carbocycles. The highest BCUT2D eigenvalue weighted by Crippen LogP contribution is 2.30. The molecule has 47 heavy (non-hydrogen) atoms. The summed E-state index contributed by atoms with van der Waals surface area (Å²) in [4.78, 5) is 13.1. The van der Waals surface area contributed by atoms with Crippen LogP contribution in [-0.4, -0.2) is 57.9 Å². The second kappa shape index (κ2) is 19.7. The summed E-state index contributed by atoms with van der Waals surface area (Å²) in [6, 6.07) is 0. The molecule has 0 bridgehead atoms. The van der Waals surface area contributed by atoms with Crippen molar-refractivity contribution in [2.24, 2.45) is 35.5 Å². The predicted octanol–water partition coefficient (Wildman–Crippen LogP) is 8.95. The summed E-state index contributed by atoms with van der Waals surface area (Å²) in [5.41, 5.74) is 0.349. The van der Waals surface area contributed by atoms with Crippen molar-refractivity contribution in [3.05, 3.63) is 72.9 Å². The van der Waals surface area contributed by atoms with Gasteiger partial charge in [-0.05, 0) is 60.8 Å². The summed E-state index contributed by atoms with van der Waals surface area (Å²) in [5, 5.41) is 22.8. The maximum absolute atomic E-state index is 13.1. The summed E-state index contributed by atoms with van der Waals surface area (Å²) >= 11 is 0. The number of hydrogen-bond donors (Lipinski definition) is 2. The van der Waals surface area contributed by atoms with Gasteiger partial charge in [-0.2, -0.15) is 0 Å². The molecule has 1 aliphatic heterocycles. The zero-order valence-electron chi connectivity index (χ0n) is 31.8. The Labute approximate surface area is 287 Å². The lowest BCUT2D eigenvalue weighted by Gasteiger charge is -2.34. The molecular formula is C41H68O6. The van der Waals surface area contributed by atoms with Gasteiger partial charge in [-0.25, -0.2) is 4.79 Å². The Kier molecular flexibility index (Phi) is 17.9. The van der Waals surface area contributed by atoms with Crippen molar-refractivity contribution in [2.45, 2.75) is 145 Å². The van der Waals surface area contributed by atoms with Crippen LogP contribution in [-0.2, 0) is 19.0 Å². The lowest BCUT2D eigenvalue weighted by atomic mass is 9.81. The van der Waals surface area contributed by atoms with Gasteiger partial charge in [-0.1, -0.05) is 108 Å². The van der Waals surface area contributed by atoms with Gasteiger partial charge in [0.05, 0.1) is 35.6 Å². The average Bonchev–Trinajstić information content (AvgIpc) is 2.95. The van der Waals surface area contributed by atoms with Crippen LogP contribution in [0.5, 0.6) is 0 Å². The van der Waals surface area contributed by atoms with Crippen LogP contribution >= 0.6 is 0 Å². The van der Waals surface area contributed by atoms with Gasteiger partial charge in [0.2, 0.25) is 0 Å². The molecule has 0 aromatic heterocycles. The number of carbonyl (C=O) groups excluding carboxylic acids is 1. The summed E-state index contributed by atoms with van der Waals surface area (Å²) in [6.07, 6.45) is 17.8. The fraction of sp³-hybridized carbons (Fsp3) is 0.683. The molecule has 6 heteroatoms. The minimum Gasteiger partial charge on any atom is -0.458 e. The molecular weight excluding hydrogens is 588 g/mol. The summed E-state index contributed by atoms with van der Waals surface area (Å²) in [6.45, 7) is 30.2. The lowest BCUT2D eigenvalue weighted by Crippen LogP contribution is -2.40. The first kappa shape index (κ1) is 42.8. The van der Waals surface area contributed by atoms with Crippen LogP contribution in [0.2, 0.25) is 0 Å². The van der Waals surface area contributed by atoms with E-state index < -0.39 is 24.3 Å². The van der Waals surface area contributed by atoms with E-state index in [1.807, 2.05) is 107 Å². The fourth-order valence-corrected chi connectivity index (χ4v) is 6.25. The van der Waals surface area contributed by atoms with Crippen LogP contribution in [0.4, 0.5) is 0 Å². The minimum absolute atomic E-state index is 0.0110. The maximum atomic E-state index is 13.1. The first-order valence-corrected chi connectivity index (χ1v) is 17.6. The fourth-order valence-electron chi connectivity index (χ4n) is 6.25. The zero-order valence-corrected chi connectivity index (χ0v) is 31.8. The largest absolute Gasteiger partial charge is 0.458 e. The number of cyclic esters (lactones) is 1. The van der Waals surface area contributed by atoms with Gasteiger partial charge in [0.1, 0.15) is 6.10 Å². The molecule has 1 aliphatic rings. The molecule has 0 saturated heterocycles. The lowest BCUT2D eigenvalue weighted by molar-refractivity contribution is -0.151. The van der Waals surface area contributed by atoms with Gasteiger partial charge >= 0.3 is 5.97 Å². The van der Waals surface area contributed by atoms with E-state index >= 15 is 0 Å². The molecule has 0 fully saturated rings. The Bertz CT molecular complexity index is 1100. The highest BCUT2D eigenvalue weighted by molar-refractivity contribution is 5.82. The van der Waals surface area contributed by atoms with Crippen LogP contribution in [0.1, 0.15) is 103 Å². The van der Waals surface area contributed by atoms with E-state index in [9.17, 15) is 15.0 Å².